The standard InChI is InChI=1S/C26H29ClN4O4/c1-3-25(33)31-10-7-19(8-11-31)35-24-14-20-22(15-23(24)34-2)28-16-29-26(20)30-21(9-12-32)17-5-4-6-18(27)13-17/h3-6,13-16,19,21,32H,1,7-12H2,2H3,(H,28,29,30). The minimum absolute atomic E-state index is 0.00242. The van der Waals surface area contributed by atoms with Gasteiger partial charge < -0.3 is 24.8 Å². The van der Waals surface area contributed by atoms with Crippen LogP contribution in [0.1, 0.15) is 30.9 Å². The molecule has 1 aliphatic rings. The first-order valence-corrected chi connectivity index (χ1v) is 11.9. The Morgan fingerprint density at radius 2 is 2.09 bits per heavy atom. The van der Waals surface area contributed by atoms with Gasteiger partial charge in [0.05, 0.1) is 18.7 Å². The summed E-state index contributed by atoms with van der Waals surface area (Å²) >= 11 is 6.20. The van der Waals surface area contributed by atoms with E-state index in [2.05, 4.69) is 21.9 Å². The van der Waals surface area contributed by atoms with E-state index in [0.29, 0.717) is 60.2 Å². The number of anilines is 1. The molecule has 0 radical (unpaired) electrons. The van der Waals surface area contributed by atoms with Crippen LogP contribution in [0.3, 0.4) is 0 Å². The van der Waals surface area contributed by atoms with Gasteiger partial charge in [0, 0.05) is 49.0 Å². The zero-order valence-electron chi connectivity index (χ0n) is 19.6. The number of nitrogens with one attached hydrogen (secondary N) is 1. The molecule has 0 bridgehead atoms. The number of rotatable bonds is 9. The number of hydrogen-bond acceptors (Lipinski definition) is 7. The molecule has 9 heteroatoms. The minimum Gasteiger partial charge on any atom is -0.493 e. The van der Waals surface area contributed by atoms with Gasteiger partial charge in [0.15, 0.2) is 11.5 Å². The second kappa shape index (κ2) is 11.4. The highest BCUT2D eigenvalue weighted by atomic mass is 35.5. The Labute approximate surface area is 209 Å². The summed E-state index contributed by atoms with van der Waals surface area (Å²) in [7, 11) is 1.59. The van der Waals surface area contributed by atoms with Gasteiger partial charge in [-0.05, 0) is 36.3 Å². The monoisotopic (exact) mass is 496 g/mol. The van der Waals surface area contributed by atoms with Gasteiger partial charge in [0.1, 0.15) is 18.2 Å². The SMILES string of the molecule is C=CC(=O)N1CCC(Oc2cc3c(NC(CCO)c4cccc(Cl)c4)ncnc3cc2OC)CC1. The molecule has 0 saturated carbocycles. The van der Waals surface area contributed by atoms with E-state index in [1.807, 2.05) is 36.4 Å². The number of fused-ring (bicyclic) bond motifs is 1. The van der Waals surface area contributed by atoms with Crippen LogP contribution in [0.2, 0.25) is 5.02 Å². The highest BCUT2D eigenvalue weighted by Gasteiger charge is 2.24. The molecule has 35 heavy (non-hydrogen) atoms. The molecule has 184 valence electrons. The van der Waals surface area contributed by atoms with Gasteiger partial charge in [-0.1, -0.05) is 30.3 Å². The Hall–Kier alpha value is -3.36. The van der Waals surface area contributed by atoms with Crippen molar-refractivity contribution in [2.45, 2.75) is 31.4 Å². The third-order valence-electron chi connectivity index (χ3n) is 6.12. The van der Waals surface area contributed by atoms with Crippen LogP contribution < -0.4 is 14.8 Å². The van der Waals surface area contributed by atoms with Crippen molar-refractivity contribution in [2.24, 2.45) is 0 Å². The van der Waals surface area contributed by atoms with Gasteiger partial charge in [0.2, 0.25) is 5.91 Å². The van der Waals surface area contributed by atoms with E-state index in [1.54, 1.807) is 12.0 Å². The number of aromatic nitrogens is 2. The van der Waals surface area contributed by atoms with E-state index in [1.165, 1.54) is 12.4 Å². The predicted molar refractivity (Wildman–Crippen MR) is 136 cm³/mol. The molecular weight excluding hydrogens is 468 g/mol. The molecule has 2 aromatic carbocycles. The number of aliphatic hydroxyl groups is 1. The number of benzene rings is 2. The lowest BCUT2D eigenvalue weighted by molar-refractivity contribution is -0.127. The van der Waals surface area contributed by atoms with Crippen LogP contribution >= 0.6 is 11.6 Å². The Kier molecular flexibility index (Phi) is 8.05. The van der Waals surface area contributed by atoms with Gasteiger partial charge in [0.25, 0.3) is 0 Å². The average molecular weight is 497 g/mol. The largest absolute Gasteiger partial charge is 0.493 e. The first kappa shape index (κ1) is 24.8. The van der Waals surface area contributed by atoms with Gasteiger partial charge >= 0.3 is 0 Å². The Morgan fingerprint density at radius 3 is 2.77 bits per heavy atom. The summed E-state index contributed by atoms with van der Waals surface area (Å²) in [5.74, 6) is 1.73. The van der Waals surface area contributed by atoms with Gasteiger partial charge in [-0.3, -0.25) is 4.79 Å². The Morgan fingerprint density at radius 1 is 1.29 bits per heavy atom. The number of carbonyl (C=O) groups is 1. The lowest BCUT2D eigenvalue weighted by atomic mass is 10.0. The van der Waals surface area contributed by atoms with Crippen molar-refractivity contribution < 1.29 is 19.4 Å². The number of ether oxygens (including phenoxy) is 2. The molecule has 2 heterocycles. The number of aliphatic hydroxyl groups excluding tert-OH is 1. The fourth-order valence-corrected chi connectivity index (χ4v) is 4.47. The Bertz CT molecular complexity index is 1200. The molecule has 1 aromatic heterocycles. The third-order valence-corrected chi connectivity index (χ3v) is 6.36. The number of hydrogen-bond donors (Lipinski definition) is 2. The lowest BCUT2D eigenvalue weighted by Gasteiger charge is -2.31. The molecule has 0 spiro atoms. The number of likely N-dealkylation sites (tertiary alicyclic amines) is 1. The third kappa shape index (κ3) is 5.83. The maximum absolute atomic E-state index is 11.9. The van der Waals surface area contributed by atoms with Crippen molar-refractivity contribution >= 4 is 34.2 Å². The highest BCUT2D eigenvalue weighted by Crippen LogP contribution is 2.36. The zero-order chi connectivity index (χ0) is 24.8. The van der Waals surface area contributed by atoms with Crippen molar-refractivity contribution in [1.29, 1.82) is 0 Å². The van der Waals surface area contributed by atoms with Crippen molar-refractivity contribution in [3.63, 3.8) is 0 Å². The van der Waals surface area contributed by atoms with Crippen LogP contribution in [0.25, 0.3) is 10.9 Å². The van der Waals surface area contributed by atoms with Crippen LogP contribution in [0.5, 0.6) is 11.5 Å². The smallest absolute Gasteiger partial charge is 0.245 e. The molecule has 1 saturated heterocycles. The summed E-state index contributed by atoms with van der Waals surface area (Å²) in [4.78, 5) is 22.5. The number of methoxy groups -OCH3 is 1. The summed E-state index contributed by atoms with van der Waals surface area (Å²) in [5, 5.41) is 14.5. The number of amides is 1. The molecule has 1 unspecified atom stereocenters. The number of piperidine rings is 1. The fourth-order valence-electron chi connectivity index (χ4n) is 4.27. The lowest BCUT2D eigenvalue weighted by Crippen LogP contribution is -2.41. The topological polar surface area (TPSA) is 96.8 Å². The van der Waals surface area contributed by atoms with Crippen molar-refractivity contribution in [3.8, 4) is 11.5 Å². The van der Waals surface area contributed by atoms with Crippen molar-refractivity contribution in [3.05, 3.63) is 66.0 Å². The number of carbonyl (C=O) groups excluding carboxylic acids is 1. The molecular formula is C26H29ClN4O4. The number of halogens is 1. The predicted octanol–water partition coefficient (Wildman–Crippen LogP) is 4.38. The van der Waals surface area contributed by atoms with Gasteiger partial charge in [-0.15, -0.1) is 0 Å². The van der Waals surface area contributed by atoms with Crippen LogP contribution in [-0.2, 0) is 4.79 Å². The van der Waals surface area contributed by atoms with E-state index in [4.69, 9.17) is 21.1 Å². The second-order valence-corrected chi connectivity index (χ2v) is 8.79. The Balaban J connectivity index is 1.61. The van der Waals surface area contributed by atoms with Gasteiger partial charge in [-0.25, -0.2) is 9.97 Å². The van der Waals surface area contributed by atoms with E-state index >= 15 is 0 Å². The normalized spacial score (nSPS) is 15.0. The maximum atomic E-state index is 11.9. The first-order chi connectivity index (χ1) is 17.0. The van der Waals surface area contributed by atoms with Crippen molar-refractivity contribution in [1.82, 2.24) is 14.9 Å². The van der Waals surface area contributed by atoms with E-state index in [0.717, 1.165) is 10.9 Å². The molecule has 0 aliphatic carbocycles. The van der Waals surface area contributed by atoms with Crippen LogP contribution in [-0.4, -0.2) is 58.8 Å². The van der Waals surface area contributed by atoms with E-state index < -0.39 is 0 Å². The maximum Gasteiger partial charge on any atom is 0.245 e. The van der Waals surface area contributed by atoms with E-state index in [9.17, 15) is 9.90 Å². The summed E-state index contributed by atoms with van der Waals surface area (Å²) in [6.07, 6.45) is 4.69. The fraction of sp³-hybridized carbons (Fsp3) is 0.346. The summed E-state index contributed by atoms with van der Waals surface area (Å²) in [6.45, 7) is 4.79. The quantitative estimate of drug-likeness (QED) is 0.424. The van der Waals surface area contributed by atoms with Crippen LogP contribution in [0.15, 0.2) is 55.4 Å². The summed E-state index contributed by atoms with van der Waals surface area (Å²) < 4.78 is 11.9. The summed E-state index contributed by atoms with van der Waals surface area (Å²) in [5.41, 5.74) is 1.65. The van der Waals surface area contributed by atoms with Crippen LogP contribution in [0, 0.1) is 0 Å². The van der Waals surface area contributed by atoms with Gasteiger partial charge in [-0.2, -0.15) is 0 Å². The molecule has 1 aliphatic heterocycles. The minimum atomic E-state index is -0.199. The van der Waals surface area contributed by atoms with E-state index in [-0.39, 0.29) is 24.7 Å². The molecule has 4 rings (SSSR count). The molecule has 1 fully saturated rings. The van der Waals surface area contributed by atoms with Crippen molar-refractivity contribution in [2.75, 3.05) is 32.1 Å². The first-order valence-electron chi connectivity index (χ1n) is 11.6. The average Bonchev–Trinajstić information content (AvgIpc) is 2.88. The second-order valence-electron chi connectivity index (χ2n) is 8.35. The zero-order valence-corrected chi connectivity index (χ0v) is 20.4. The molecule has 1 amide bonds. The highest BCUT2D eigenvalue weighted by molar-refractivity contribution is 6.30. The van der Waals surface area contributed by atoms with Crippen LogP contribution in [0.4, 0.5) is 5.82 Å². The molecule has 1 atom stereocenters. The molecule has 3 aromatic rings. The molecule has 8 nitrogen and oxygen atoms in total. The summed E-state index contributed by atoms with van der Waals surface area (Å²) in [6, 6.07) is 11.0. The number of nitrogens with zero attached hydrogens (tertiary/aromatic N) is 3. The molecule has 2 N–H and O–H groups in total.